The van der Waals surface area contributed by atoms with Crippen LogP contribution < -0.4 is 0 Å². The standard InChI is InChI=1S/C11H11NO5/c1-7(11(14)17-2)10(13)8-4-3-5-9(6-8)12(15)16/h3-7H,1-2H3. The van der Waals surface area contributed by atoms with Crippen molar-refractivity contribution >= 4 is 17.4 Å². The maximum Gasteiger partial charge on any atom is 0.316 e. The first kappa shape index (κ1) is 12.8. The number of hydrogen-bond donors (Lipinski definition) is 0. The Labute approximate surface area is 97.3 Å². The molecule has 17 heavy (non-hydrogen) atoms. The van der Waals surface area contributed by atoms with Crippen molar-refractivity contribution in [1.82, 2.24) is 0 Å². The van der Waals surface area contributed by atoms with Crippen molar-refractivity contribution in [3.05, 3.63) is 39.9 Å². The molecular formula is C11H11NO5. The number of hydrogen-bond acceptors (Lipinski definition) is 5. The summed E-state index contributed by atoms with van der Waals surface area (Å²) in [7, 11) is 1.18. The highest BCUT2D eigenvalue weighted by Crippen LogP contribution is 2.16. The minimum Gasteiger partial charge on any atom is -0.468 e. The maximum atomic E-state index is 11.8. The second-order valence-electron chi connectivity index (χ2n) is 3.42. The van der Waals surface area contributed by atoms with Crippen LogP contribution in [-0.2, 0) is 9.53 Å². The number of non-ortho nitro benzene ring substituents is 1. The van der Waals surface area contributed by atoms with Gasteiger partial charge >= 0.3 is 5.97 Å². The summed E-state index contributed by atoms with van der Waals surface area (Å²) >= 11 is 0. The molecule has 0 aliphatic rings. The van der Waals surface area contributed by atoms with Gasteiger partial charge in [-0.15, -0.1) is 0 Å². The van der Waals surface area contributed by atoms with Crippen LogP contribution in [0.4, 0.5) is 5.69 Å². The van der Waals surface area contributed by atoms with Crippen molar-refractivity contribution in [1.29, 1.82) is 0 Å². The summed E-state index contributed by atoms with van der Waals surface area (Å²) in [4.78, 5) is 32.9. The third-order valence-corrected chi connectivity index (χ3v) is 2.29. The van der Waals surface area contributed by atoms with Gasteiger partial charge in [-0.05, 0) is 6.92 Å². The molecule has 1 aromatic carbocycles. The highest BCUT2D eigenvalue weighted by molar-refractivity contribution is 6.08. The third-order valence-electron chi connectivity index (χ3n) is 2.29. The Morgan fingerprint density at radius 2 is 2.06 bits per heavy atom. The molecule has 6 nitrogen and oxygen atoms in total. The zero-order valence-electron chi connectivity index (χ0n) is 9.38. The van der Waals surface area contributed by atoms with E-state index in [2.05, 4.69) is 4.74 Å². The lowest BCUT2D eigenvalue weighted by Gasteiger charge is -2.07. The van der Waals surface area contributed by atoms with Crippen LogP contribution in [0.1, 0.15) is 17.3 Å². The topological polar surface area (TPSA) is 86.5 Å². The van der Waals surface area contributed by atoms with Crippen LogP contribution in [0.5, 0.6) is 0 Å². The van der Waals surface area contributed by atoms with Crippen LogP contribution in [0.3, 0.4) is 0 Å². The Hall–Kier alpha value is -2.24. The van der Waals surface area contributed by atoms with Gasteiger partial charge in [0.1, 0.15) is 5.92 Å². The number of nitro groups is 1. The Balaban J connectivity index is 3.00. The molecule has 0 saturated carbocycles. The van der Waals surface area contributed by atoms with E-state index in [1.165, 1.54) is 32.2 Å². The van der Waals surface area contributed by atoms with Crippen LogP contribution in [0.2, 0.25) is 0 Å². The lowest BCUT2D eigenvalue weighted by molar-refractivity contribution is -0.384. The number of nitrogens with zero attached hydrogens (tertiary/aromatic N) is 1. The molecule has 1 rings (SSSR count). The van der Waals surface area contributed by atoms with Gasteiger partial charge in [0.25, 0.3) is 5.69 Å². The van der Waals surface area contributed by atoms with Crippen molar-refractivity contribution in [2.45, 2.75) is 6.92 Å². The van der Waals surface area contributed by atoms with E-state index >= 15 is 0 Å². The van der Waals surface area contributed by atoms with Crippen molar-refractivity contribution in [2.24, 2.45) is 5.92 Å². The summed E-state index contributed by atoms with van der Waals surface area (Å²) in [6, 6.07) is 5.24. The van der Waals surface area contributed by atoms with E-state index in [4.69, 9.17) is 0 Å². The van der Waals surface area contributed by atoms with Crippen molar-refractivity contribution < 1.29 is 19.2 Å². The van der Waals surface area contributed by atoms with E-state index in [1.807, 2.05) is 0 Å². The van der Waals surface area contributed by atoms with Crippen LogP contribution in [0, 0.1) is 16.0 Å². The summed E-state index contributed by atoms with van der Waals surface area (Å²) in [5.74, 6) is -2.14. The summed E-state index contributed by atoms with van der Waals surface area (Å²) in [6.07, 6.45) is 0. The van der Waals surface area contributed by atoms with Gasteiger partial charge in [-0.3, -0.25) is 19.7 Å². The predicted molar refractivity (Wildman–Crippen MR) is 58.6 cm³/mol. The smallest absolute Gasteiger partial charge is 0.316 e. The van der Waals surface area contributed by atoms with Crippen molar-refractivity contribution in [3.63, 3.8) is 0 Å². The van der Waals surface area contributed by atoms with E-state index < -0.39 is 22.6 Å². The Morgan fingerprint density at radius 1 is 1.41 bits per heavy atom. The van der Waals surface area contributed by atoms with E-state index in [-0.39, 0.29) is 11.3 Å². The van der Waals surface area contributed by atoms with Crippen LogP contribution >= 0.6 is 0 Å². The fourth-order valence-corrected chi connectivity index (χ4v) is 1.31. The zero-order valence-corrected chi connectivity index (χ0v) is 9.38. The lowest BCUT2D eigenvalue weighted by atomic mass is 9.99. The van der Waals surface area contributed by atoms with Gasteiger partial charge in [-0.2, -0.15) is 0 Å². The van der Waals surface area contributed by atoms with Gasteiger partial charge < -0.3 is 4.74 Å². The number of rotatable bonds is 4. The molecule has 0 amide bonds. The fourth-order valence-electron chi connectivity index (χ4n) is 1.31. The zero-order chi connectivity index (χ0) is 13.0. The number of Topliss-reactive ketones (excluding diaryl/α,β-unsaturated/α-hetero) is 1. The van der Waals surface area contributed by atoms with Crippen LogP contribution in [-0.4, -0.2) is 23.8 Å². The first-order valence-corrected chi connectivity index (χ1v) is 4.84. The molecule has 0 aromatic heterocycles. The molecule has 1 unspecified atom stereocenters. The number of esters is 1. The Morgan fingerprint density at radius 3 is 2.59 bits per heavy atom. The lowest BCUT2D eigenvalue weighted by Crippen LogP contribution is -2.22. The molecule has 0 fully saturated rings. The molecule has 0 aliphatic carbocycles. The number of ketones is 1. The van der Waals surface area contributed by atoms with Crippen molar-refractivity contribution in [2.75, 3.05) is 7.11 Å². The average molecular weight is 237 g/mol. The molecule has 0 bridgehead atoms. The molecule has 1 atom stereocenters. The van der Waals surface area contributed by atoms with Gasteiger partial charge in [0, 0.05) is 17.7 Å². The largest absolute Gasteiger partial charge is 0.468 e. The molecule has 6 heteroatoms. The number of methoxy groups -OCH3 is 1. The quantitative estimate of drug-likeness (QED) is 0.261. The van der Waals surface area contributed by atoms with E-state index in [0.29, 0.717) is 0 Å². The normalized spacial score (nSPS) is 11.6. The number of nitro benzene ring substituents is 1. The Kier molecular flexibility index (Phi) is 3.92. The van der Waals surface area contributed by atoms with Crippen molar-refractivity contribution in [3.8, 4) is 0 Å². The van der Waals surface area contributed by atoms with E-state index in [9.17, 15) is 19.7 Å². The summed E-state index contributed by atoms with van der Waals surface area (Å²) < 4.78 is 4.44. The van der Waals surface area contributed by atoms with Gasteiger partial charge in [0.05, 0.1) is 12.0 Å². The van der Waals surface area contributed by atoms with Crippen LogP contribution in [0.15, 0.2) is 24.3 Å². The highest BCUT2D eigenvalue weighted by Gasteiger charge is 2.24. The van der Waals surface area contributed by atoms with E-state index in [1.54, 1.807) is 0 Å². The molecular weight excluding hydrogens is 226 g/mol. The minimum atomic E-state index is -0.970. The average Bonchev–Trinajstić information content (AvgIpc) is 2.36. The third kappa shape index (κ3) is 2.87. The SMILES string of the molecule is COC(=O)C(C)C(=O)c1cccc([N+](=O)[O-])c1. The number of benzene rings is 1. The van der Waals surface area contributed by atoms with E-state index in [0.717, 1.165) is 6.07 Å². The number of carbonyl (C=O) groups is 2. The molecule has 0 saturated heterocycles. The Bertz CT molecular complexity index is 469. The summed E-state index contributed by atoms with van der Waals surface area (Å²) in [5.41, 5.74) is -0.0648. The van der Waals surface area contributed by atoms with Gasteiger partial charge in [-0.1, -0.05) is 12.1 Å². The fraction of sp³-hybridized carbons (Fsp3) is 0.273. The predicted octanol–water partition coefficient (Wildman–Crippen LogP) is 1.59. The molecule has 0 heterocycles. The maximum absolute atomic E-state index is 11.8. The number of ether oxygens (including phenoxy) is 1. The van der Waals surface area contributed by atoms with Crippen LogP contribution in [0.25, 0.3) is 0 Å². The second-order valence-corrected chi connectivity index (χ2v) is 3.42. The summed E-state index contributed by atoms with van der Waals surface area (Å²) in [5, 5.41) is 10.5. The monoisotopic (exact) mass is 237 g/mol. The molecule has 0 radical (unpaired) electrons. The minimum absolute atomic E-state index is 0.122. The molecule has 90 valence electrons. The highest BCUT2D eigenvalue weighted by atomic mass is 16.6. The number of carbonyl (C=O) groups excluding carboxylic acids is 2. The second kappa shape index (κ2) is 5.20. The molecule has 1 aromatic rings. The first-order chi connectivity index (χ1) is 7.97. The first-order valence-electron chi connectivity index (χ1n) is 4.84. The molecule has 0 spiro atoms. The van der Waals surface area contributed by atoms with Gasteiger partial charge in [-0.25, -0.2) is 0 Å². The molecule has 0 N–H and O–H groups in total. The van der Waals surface area contributed by atoms with Gasteiger partial charge in [0.15, 0.2) is 5.78 Å². The van der Waals surface area contributed by atoms with Gasteiger partial charge in [0.2, 0.25) is 0 Å². The summed E-state index contributed by atoms with van der Waals surface area (Å²) in [6.45, 7) is 1.40. The molecule has 0 aliphatic heterocycles.